The van der Waals surface area contributed by atoms with Crippen molar-refractivity contribution in [2.45, 2.75) is 18.7 Å². The molecule has 0 saturated carbocycles. The highest BCUT2D eigenvalue weighted by molar-refractivity contribution is 7.98. The number of nitro groups is 2. The highest BCUT2D eigenvalue weighted by atomic mass is 32.2. The van der Waals surface area contributed by atoms with E-state index >= 15 is 0 Å². The molecular weight excluding hydrogens is 258 g/mol. The maximum Gasteiger partial charge on any atom is 0.280 e. The predicted octanol–water partition coefficient (Wildman–Crippen LogP) is 2.08. The van der Waals surface area contributed by atoms with Crippen LogP contribution < -0.4 is 5.73 Å². The number of hydrogen-bond acceptors (Lipinski definition) is 6. The standard InChI is InChI=1S/C10H13N3O4S/c1-7(11)5-18-6-8-2-3-9(12(14)15)4-10(8)13(16)17/h2-4,7H,5-6,11H2,1H3. The van der Waals surface area contributed by atoms with Crippen molar-refractivity contribution in [1.82, 2.24) is 0 Å². The number of nitrogens with two attached hydrogens (primary N) is 1. The Morgan fingerprint density at radius 2 is 2.00 bits per heavy atom. The first-order chi connectivity index (χ1) is 8.41. The number of non-ortho nitro benzene ring substituents is 1. The van der Waals surface area contributed by atoms with Crippen LogP contribution in [0.5, 0.6) is 0 Å². The maximum absolute atomic E-state index is 10.8. The number of nitrogens with zero attached hydrogens (tertiary/aromatic N) is 2. The van der Waals surface area contributed by atoms with Crippen LogP contribution in [0.1, 0.15) is 12.5 Å². The Balaban J connectivity index is 2.90. The van der Waals surface area contributed by atoms with Gasteiger partial charge in [-0.2, -0.15) is 11.8 Å². The van der Waals surface area contributed by atoms with E-state index in [0.29, 0.717) is 17.1 Å². The van der Waals surface area contributed by atoms with Crippen molar-refractivity contribution < 1.29 is 9.85 Å². The summed E-state index contributed by atoms with van der Waals surface area (Å²) in [5, 5.41) is 21.4. The fourth-order valence-electron chi connectivity index (χ4n) is 1.31. The molecule has 18 heavy (non-hydrogen) atoms. The molecular formula is C10H13N3O4S. The van der Waals surface area contributed by atoms with Gasteiger partial charge in [-0.25, -0.2) is 0 Å². The van der Waals surface area contributed by atoms with E-state index in [2.05, 4.69) is 0 Å². The summed E-state index contributed by atoms with van der Waals surface area (Å²) in [6.07, 6.45) is 0. The summed E-state index contributed by atoms with van der Waals surface area (Å²) in [4.78, 5) is 20.1. The molecule has 2 N–H and O–H groups in total. The molecule has 7 nitrogen and oxygen atoms in total. The Morgan fingerprint density at radius 1 is 1.33 bits per heavy atom. The Labute approximate surface area is 108 Å². The quantitative estimate of drug-likeness (QED) is 0.626. The molecule has 98 valence electrons. The second-order valence-electron chi connectivity index (χ2n) is 3.82. The molecule has 0 spiro atoms. The zero-order valence-electron chi connectivity index (χ0n) is 9.74. The first-order valence-corrected chi connectivity index (χ1v) is 6.32. The lowest BCUT2D eigenvalue weighted by atomic mass is 10.2. The van der Waals surface area contributed by atoms with Gasteiger partial charge in [0.2, 0.25) is 0 Å². The minimum atomic E-state index is -0.647. The lowest BCUT2D eigenvalue weighted by Gasteiger charge is -2.05. The van der Waals surface area contributed by atoms with Crippen molar-refractivity contribution in [3.63, 3.8) is 0 Å². The van der Waals surface area contributed by atoms with Crippen molar-refractivity contribution >= 4 is 23.1 Å². The molecule has 1 aromatic rings. The Bertz CT molecular complexity index is 464. The van der Waals surface area contributed by atoms with Gasteiger partial charge < -0.3 is 5.73 Å². The van der Waals surface area contributed by atoms with Gasteiger partial charge in [-0.1, -0.05) is 0 Å². The van der Waals surface area contributed by atoms with Gasteiger partial charge >= 0.3 is 0 Å². The number of rotatable bonds is 6. The van der Waals surface area contributed by atoms with E-state index in [1.807, 2.05) is 6.92 Å². The van der Waals surface area contributed by atoms with Crippen molar-refractivity contribution in [2.75, 3.05) is 5.75 Å². The average molecular weight is 271 g/mol. The summed E-state index contributed by atoms with van der Waals surface area (Å²) < 4.78 is 0. The highest BCUT2D eigenvalue weighted by Gasteiger charge is 2.19. The molecule has 0 aliphatic heterocycles. The van der Waals surface area contributed by atoms with Crippen LogP contribution in [0.2, 0.25) is 0 Å². The van der Waals surface area contributed by atoms with Gasteiger partial charge in [0.15, 0.2) is 0 Å². The summed E-state index contributed by atoms with van der Waals surface area (Å²) in [6.45, 7) is 1.84. The molecule has 0 fully saturated rings. The summed E-state index contributed by atoms with van der Waals surface area (Å²) in [5.41, 5.74) is 5.55. The van der Waals surface area contributed by atoms with Crippen LogP contribution >= 0.6 is 11.8 Å². The average Bonchev–Trinajstić information content (AvgIpc) is 2.28. The number of benzene rings is 1. The Kier molecular flexibility index (Phi) is 5.05. The first kappa shape index (κ1) is 14.4. The molecule has 1 atom stereocenters. The van der Waals surface area contributed by atoms with Gasteiger partial charge in [0.25, 0.3) is 11.4 Å². The van der Waals surface area contributed by atoms with Gasteiger partial charge in [-0.15, -0.1) is 0 Å². The molecule has 8 heteroatoms. The molecule has 1 unspecified atom stereocenters. The second-order valence-corrected chi connectivity index (χ2v) is 4.85. The molecule has 0 aliphatic rings. The lowest BCUT2D eigenvalue weighted by Crippen LogP contribution is -2.17. The van der Waals surface area contributed by atoms with Crippen LogP contribution in [-0.2, 0) is 5.75 Å². The summed E-state index contributed by atoms with van der Waals surface area (Å²) >= 11 is 1.46. The SMILES string of the molecule is CC(N)CSCc1ccc([N+](=O)[O-])cc1[N+](=O)[O-]. The van der Waals surface area contributed by atoms with Crippen LogP contribution in [0.4, 0.5) is 11.4 Å². The van der Waals surface area contributed by atoms with E-state index in [1.165, 1.54) is 23.9 Å². The third-order valence-corrected chi connectivity index (χ3v) is 3.39. The van der Waals surface area contributed by atoms with Crippen LogP contribution in [-0.4, -0.2) is 21.6 Å². The number of nitro benzene ring substituents is 2. The van der Waals surface area contributed by atoms with Gasteiger partial charge in [0.1, 0.15) is 0 Å². The fourth-order valence-corrected chi connectivity index (χ4v) is 2.27. The van der Waals surface area contributed by atoms with Crippen molar-refractivity contribution in [1.29, 1.82) is 0 Å². The van der Waals surface area contributed by atoms with Crippen molar-refractivity contribution in [3.05, 3.63) is 44.0 Å². The Morgan fingerprint density at radius 3 is 2.50 bits per heavy atom. The van der Waals surface area contributed by atoms with Gasteiger partial charge in [-0.05, 0) is 13.0 Å². The molecule has 0 saturated heterocycles. The number of hydrogen-bond donors (Lipinski definition) is 1. The van der Waals surface area contributed by atoms with Gasteiger partial charge in [0.05, 0.1) is 15.9 Å². The third-order valence-electron chi connectivity index (χ3n) is 2.11. The van der Waals surface area contributed by atoms with E-state index in [9.17, 15) is 20.2 Å². The lowest BCUT2D eigenvalue weighted by molar-refractivity contribution is -0.394. The van der Waals surface area contributed by atoms with Crippen LogP contribution in [0.25, 0.3) is 0 Å². The molecule has 0 radical (unpaired) electrons. The van der Waals surface area contributed by atoms with Crippen LogP contribution in [0.15, 0.2) is 18.2 Å². The van der Waals surface area contributed by atoms with Crippen molar-refractivity contribution in [2.24, 2.45) is 5.73 Å². The summed E-state index contributed by atoms with van der Waals surface area (Å²) in [5.74, 6) is 1.09. The first-order valence-electron chi connectivity index (χ1n) is 5.17. The maximum atomic E-state index is 10.8. The van der Waals surface area contributed by atoms with Crippen LogP contribution in [0, 0.1) is 20.2 Å². The molecule has 0 amide bonds. The second kappa shape index (κ2) is 6.31. The minimum absolute atomic E-state index is 0.00658. The zero-order chi connectivity index (χ0) is 13.7. The number of thioether (sulfide) groups is 1. The molecule has 0 aliphatic carbocycles. The Hall–Kier alpha value is -1.67. The molecule has 0 aromatic heterocycles. The third kappa shape index (κ3) is 3.97. The van der Waals surface area contributed by atoms with E-state index in [-0.39, 0.29) is 17.4 Å². The van der Waals surface area contributed by atoms with Gasteiger partial charge in [-0.3, -0.25) is 20.2 Å². The molecule has 1 rings (SSSR count). The summed E-state index contributed by atoms with van der Waals surface area (Å²) in [7, 11) is 0. The monoisotopic (exact) mass is 271 g/mol. The van der Waals surface area contributed by atoms with E-state index < -0.39 is 9.85 Å². The molecule has 1 aromatic carbocycles. The van der Waals surface area contributed by atoms with E-state index in [0.717, 1.165) is 6.07 Å². The molecule has 0 bridgehead atoms. The predicted molar refractivity (Wildman–Crippen MR) is 69.6 cm³/mol. The molecule has 0 heterocycles. The highest BCUT2D eigenvalue weighted by Crippen LogP contribution is 2.27. The zero-order valence-corrected chi connectivity index (χ0v) is 10.6. The van der Waals surface area contributed by atoms with E-state index in [4.69, 9.17) is 5.73 Å². The normalized spacial score (nSPS) is 12.1. The van der Waals surface area contributed by atoms with Gasteiger partial charge in [0, 0.05) is 29.2 Å². The van der Waals surface area contributed by atoms with Crippen molar-refractivity contribution in [3.8, 4) is 0 Å². The fraction of sp³-hybridized carbons (Fsp3) is 0.400. The van der Waals surface area contributed by atoms with Crippen LogP contribution in [0.3, 0.4) is 0 Å². The smallest absolute Gasteiger partial charge is 0.280 e. The van der Waals surface area contributed by atoms with E-state index in [1.54, 1.807) is 0 Å². The largest absolute Gasteiger partial charge is 0.327 e. The minimum Gasteiger partial charge on any atom is -0.327 e. The topological polar surface area (TPSA) is 112 Å². The summed E-state index contributed by atoms with van der Waals surface area (Å²) in [6, 6.07) is 3.69.